The lowest BCUT2D eigenvalue weighted by atomic mass is 10.1. The summed E-state index contributed by atoms with van der Waals surface area (Å²) < 4.78 is 1.90. The fourth-order valence-electron chi connectivity index (χ4n) is 2.94. The van der Waals surface area contributed by atoms with Crippen LogP contribution in [0.4, 0.5) is 5.82 Å². The number of hydrogen-bond acceptors (Lipinski definition) is 5. The van der Waals surface area contributed by atoms with Crippen molar-refractivity contribution in [2.24, 2.45) is 5.92 Å². The minimum atomic E-state index is 0.322. The summed E-state index contributed by atoms with van der Waals surface area (Å²) in [5.41, 5.74) is 0.974. The fourth-order valence-corrected chi connectivity index (χ4v) is 2.94. The summed E-state index contributed by atoms with van der Waals surface area (Å²) in [6, 6.07) is 2.31. The molecule has 0 radical (unpaired) electrons. The predicted molar refractivity (Wildman–Crippen MR) is 94.7 cm³/mol. The third-order valence-corrected chi connectivity index (χ3v) is 4.34. The van der Waals surface area contributed by atoms with Crippen LogP contribution in [0.15, 0.2) is 30.6 Å². The molecule has 0 bridgehead atoms. The van der Waals surface area contributed by atoms with Crippen molar-refractivity contribution < 1.29 is 0 Å². The van der Waals surface area contributed by atoms with Crippen LogP contribution in [0.2, 0.25) is 0 Å². The second kappa shape index (κ2) is 7.55. The quantitative estimate of drug-likeness (QED) is 0.731. The highest BCUT2D eigenvalue weighted by Gasteiger charge is 2.18. The molecule has 0 spiro atoms. The van der Waals surface area contributed by atoms with Crippen LogP contribution in [0.25, 0.3) is 0 Å². The summed E-state index contributed by atoms with van der Waals surface area (Å²) in [4.78, 5) is 11.3. The standard InChI is InChI=1S/C18H26N6/c1-4-17-19-10-9-18(20-17)23(11-15-7-5-6-8-15)12-16-13-24(14(2)3)22-21-16/h5,7,9-10,13-15H,4,6,8,11-12H2,1-3H3. The van der Waals surface area contributed by atoms with Gasteiger partial charge in [0, 0.05) is 25.2 Å². The fraction of sp³-hybridized carbons (Fsp3) is 0.556. The second-order valence-electron chi connectivity index (χ2n) is 6.61. The summed E-state index contributed by atoms with van der Waals surface area (Å²) >= 11 is 0. The van der Waals surface area contributed by atoms with Gasteiger partial charge in [-0.05, 0) is 38.7 Å². The molecule has 0 saturated carbocycles. The zero-order valence-corrected chi connectivity index (χ0v) is 14.8. The number of anilines is 1. The SMILES string of the molecule is CCc1nccc(N(Cc2cn(C(C)C)nn2)CC2C=CCC2)n1. The Labute approximate surface area is 143 Å². The van der Waals surface area contributed by atoms with Crippen molar-refractivity contribution in [3.8, 4) is 0 Å². The molecule has 1 aliphatic carbocycles. The third kappa shape index (κ3) is 3.99. The number of rotatable bonds is 7. The Hall–Kier alpha value is -2.24. The Balaban J connectivity index is 1.81. The monoisotopic (exact) mass is 326 g/mol. The van der Waals surface area contributed by atoms with E-state index in [2.05, 4.69) is 53.1 Å². The van der Waals surface area contributed by atoms with Gasteiger partial charge in [0.05, 0.1) is 12.7 Å². The first-order valence-corrected chi connectivity index (χ1v) is 8.80. The van der Waals surface area contributed by atoms with Gasteiger partial charge in [-0.3, -0.25) is 0 Å². The summed E-state index contributed by atoms with van der Waals surface area (Å²) in [5, 5.41) is 8.55. The van der Waals surface area contributed by atoms with Crippen LogP contribution in [-0.2, 0) is 13.0 Å². The lowest BCUT2D eigenvalue weighted by Crippen LogP contribution is -2.29. The van der Waals surface area contributed by atoms with Gasteiger partial charge in [0.25, 0.3) is 0 Å². The van der Waals surface area contributed by atoms with E-state index in [0.29, 0.717) is 12.0 Å². The largest absolute Gasteiger partial charge is 0.350 e. The molecule has 0 saturated heterocycles. The molecule has 0 aliphatic heterocycles. The van der Waals surface area contributed by atoms with Crippen molar-refractivity contribution in [3.05, 3.63) is 42.1 Å². The van der Waals surface area contributed by atoms with Crippen LogP contribution in [0.3, 0.4) is 0 Å². The van der Waals surface area contributed by atoms with Crippen molar-refractivity contribution in [1.82, 2.24) is 25.0 Å². The molecule has 2 aromatic rings. The molecule has 128 valence electrons. The van der Waals surface area contributed by atoms with Gasteiger partial charge in [-0.25, -0.2) is 14.6 Å². The highest BCUT2D eigenvalue weighted by atomic mass is 15.4. The predicted octanol–water partition coefficient (Wildman–Crippen LogP) is 3.18. The Morgan fingerprint density at radius 2 is 2.25 bits per heavy atom. The lowest BCUT2D eigenvalue weighted by Gasteiger charge is -2.25. The van der Waals surface area contributed by atoms with E-state index in [9.17, 15) is 0 Å². The average molecular weight is 326 g/mol. The van der Waals surface area contributed by atoms with Crippen LogP contribution in [0.1, 0.15) is 51.2 Å². The Bertz CT molecular complexity index is 690. The van der Waals surface area contributed by atoms with Crippen molar-refractivity contribution in [3.63, 3.8) is 0 Å². The topological polar surface area (TPSA) is 59.7 Å². The molecule has 0 aromatic carbocycles. The lowest BCUT2D eigenvalue weighted by molar-refractivity contribution is 0.514. The molecule has 2 aromatic heterocycles. The molecule has 1 unspecified atom stereocenters. The summed E-state index contributed by atoms with van der Waals surface area (Å²) in [5.74, 6) is 2.43. The molecule has 6 nitrogen and oxygen atoms in total. The van der Waals surface area contributed by atoms with Crippen molar-refractivity contribution in [1.29, 1.82) is 0 Å². The molecule has 6 heteroatoms. The smallest absolute Gasteiger partial charge is 0.132 e. The van der Waals surface area contributed by atoms with Crippen LogP contribution in [0, 0.1) is 5.92 Å². The maximum atomic E-state index is 4.71. The van der Waals surface area contributed by atoms with Gasteiger partial charge in [-0.2, -0.15) is 0 Å². The molecule has 0 N–H and O–H groups in total. The molecular formula is C18H26N6. The first kappa shape index (κ1) is 16.6. The third-order valence-electron chi connectivity index (χ3n) is 4.34. The molecule has 2 heterocycles. The van der Waals surface area contributed by atoms with E-state index in [1.165, 1.54) is 12.8 Å². The van der Waals surface area contributed by atoms with E-state index in [1.807, 2.05) is 23.1 Å². The van der Waals surface area contributed by atoms with E-state index in [-0.39, 0.29) is 0 Å². The normalized spacial score (nSPS) is 16.9. The number of aromatic nitrogens is 5. The molecule has 3 rings (SSSR count). The molecular weight excluding hydrogens is 300 g/mol. The highest BCUT2D eigenvalue weighted by molar-refractivity contribution is 5.38. The van der Waals surface area contributed by atoms with Crippen LogP contribution >= 0.6 is 0 Å². The molecule has 1 aliphatic rings. The zero-order chi connectivity index (χ0) is 16.9. The number of aryl methyl sites for hydroxylation is 1. The summed E-state index contributed by atoms with van der Waals surface area (Å²) in [6.45, 7) is 7.97. The maximum Gasteiger partial charge on any atom is 0.132 e. The van der Waals surface area contributed by atoms with Gasteiger partial charge in [0.1, 0.15) is 17.3 Å². The van der Waals surface area contributed by atoms with Crippen LogP contribution in [-0.4, -0.2) is 31.5 Å². The summed E-state index contributed by atoms with van der Waals surface area (Å²) in [6.07, 6.45) is 11.7. The minimum absolute atomic E-state index is 0.322. The van der Waals surface area contributed by atoms with Gasteiger partial charge in [0.15, 0.2) is 0 Å². The molecule has 1 atom stereocenters. The summed E-state index contributed by atoms with van der Waals surface area (Å²) in [7, 11) is 0. The maximum absolute atomic E-state index is 4.71. The van der Waals surface area contributed by atoms with E-state index < -0.39 is 0 Å². The Morgan fingerprint density at radius 3 is 2.92 bits per heavy atom. The van der Waals surface area contributed by atoms with Crippen LogP contribution in [0.5, 0.6) is 0 Å². The van der Waals surface area contributed by atoms with E-state index in [4.69, 9.17) is 4.98 Å². The first-order valence-electron chi connectivity index (χ1n) is 8.80. The van der Waals surface area contributed by atoms with E-state index >= 15 is 0 Å². The number of allylic oxidation sites excluding steroid dienone is 1. The Morgan fingerprint density at radius 1 is 1.38 bits per heavy atom. The molecule has 0 amide bonds. The van der Waals surface area contributed by atoms with Crippen molar-refractivity contribution in [2.75, 3.05) is 11.4 Å². The van der Waals surface area contributed by atoms with Crippen molar-refractivity contribution >= 4 is 5.82 Å². The number of nitrogens with zero attached hydrogens (tertiary/aromatic N) is 6. The van der Waals surface area contributed by atoms with E-state index in [0.717, 1.165) is 36.8 Å². The van der Waals surface area contributed by atoms with Gasteiger partial charge in [-0.15, -0.1) is 5.10 Å². The van der Waals surface area contributed by atoms with Gasteiger partial charge in [0.2, 0.25) is 0 Å². The zero-order valence-electron chi connectivity index (χ0n) is 14.8. The first-order chi connectivity index (χ1) is 11.7. The van der Waals surface area contributed by atoms with Crippen LogP contribution < -0.4 is 4.90 Å². The number of hydrogen-bond donors (Lipinski definition) is 0. The molecule has 24 heavy (non-hydrogen) atoms. The second-order valence-corrected chi connectivity index (χ2v) is 6.61. The van der Waals surface area contributed by atoms with Gasteiger partial charge in [-0.1, -0.05) is 24.3 Å². The van der Waals surface area contributed by atoms with Crippen molar-refractivity contribution in [2.45, 2.75) is 52.6 Å². The average Bonchev–Trinajstić information content (AvgIpc) is 3.26. The van der Waals surface area contributed by atoms with E-state index in [1.54, 1.807) is 0 Å². The Kier molecular flexibility index (Phi) is 5.23. The van der Waals surface area contributed by atoms with Gasteiger partial charge >= 0.3 is 0 Å². The highest BCUT2D eigenvalue weighted by Crippen LogP contribution is 2.22. The molecule has 0 fully saturated rings. The minimum Gasteiger partial charge on any atom is -0.350 e. The van der Waals surface area contributed by atoms with Gasteiger partial charge < -0.3 is 4.90 Å².